The molecule has 8 heteroatoms. The minimum Gasteiger partial charge on any atom is -0.507 e. The summed E-state index contributed by atoms with van der Waals surface area (Å²) in [4.78, 5) is 30.4. The van der Waals surface area contributed by atoms with Crippen molar-refractivity contribution in [2.75, 3.05) is 14.2 Å². The number of ketones is 1. The Kier molecular flexibility index (Phi) is 4.60. The Labute approximate surface area is 169 Å². The zero-order valence-corrected chi connectivity index (χ0v) is 16.2. The fraction of sp³-hybridized carbons (Fsp3) is 0.0952. The maximum atomic E-state index is 13.1. The first kappa shape index (κ1) is 18.8. The molecule has 0 aliphatic heterocycles. The van der Waals surface area contributed by atoms with E-state index in [-0.39, 0.29) is 32.9 Å². The number of hydrogen-bond acceptors (Lipinski definition) is 6. The third kappa shape index (κ3) is 3.05. The lowest BCUT2D eigenvalue weighted by Crippen LogP contribution is -2.17. The van der Waals surface area contributed by atoms with Crippen molar-refractivity contribution < 1.29 is 19.4 Å². The molecule has 7 nitrogen and oxygen atoms in total. The van der Waals surface area contributed by atoms with Crippen molar-refractivity contribution in [3.63, 3.8) is 0 Å². The average Bonchev–Trinajstić information content (AvgIpc) is 2.73. The van der Waals surface area contributed by atoms with Crippen molar-refractivity contribution in [1.82, 2.24) is 9.38 Å². The molecule has 2 heterocycles. The summed E-state index contributed by atoms with van der Waals surface area (Å²) < 4.78 is 11.7. The van der Waals surface area contributed by atoms with Gasteiger partial charge in [0.25, 0.3) is 5.56 Å². The third-order valence-corrected chi connectivity index (χ3v) is 4.86. The van der Waals surface area contributed by atoms with Gasteiger partial charge in [-0.2, -0.15) is 0 Å². The first-order valence-electron chi connectivity index (χ1n) is 8.55. The fourth-order valence-electron chi connectivity index (χ4n) is 3.14. The van der Waals surface area contributed by atoms with Gasteiger partial charge in [-0.15, -0.1) is 0 Å². The van der Waals surface area contributed by atoms with Gasteiger partial charge in [0, 0.05) is 17.8 Å². The highest BCUT2D eigenvalue weighted by atomic mass is 35.5. The van der Waals surface area contributed by atoms with E-state index < -0.39 is 11.3 Å². The highest BCUT2D eigenvalue weighted by molar-refractivity contribution is 6.34. The number of rotatable bonds is 4. The summed E-state index contributed by atoms with van der Waals surface area (Å²) in [5.74, 6) is 0.186. The minimum absolute atomic E-state index is 0.108. The maximum Gasteiger partial charge on any atom is 0.265 e. The molecule has 2 aromatic carbocycles. The molecule has 0 aliphatic carbocycles. The Balaban J connectivity index is 1.99. The molecule has 29 heavy (non-hydrogen) atoms. The Morgan fingerprint density at radius 3 is 2.48 bits per heavy atom. The molecule has 4 aromatic rings. The number of methoxy groups -OCH3 is 2. The van der Waals surface area contributed by atoms with Gasteiger partial charge >= 0.3 is 0 Å². The number of carbonyl (C=O) groups excluding carboxylic acids is 1. The number of ether oxygens (including phenoxy) is 2. The first-order chi connectivity index (χ1) is 13.9. The molecule has 0 saturated heterocycles. The number of aromatic hydroxyl groups is 1. The lowest BCUT2D eigenvalue weighted by atomic mass is 10.0. The number of nitrogens with zero attached hydrogens (tertiary/aromatic N) is 2. The summed E-state index contributed by atoms with van der Waals surface area (Å²) in [5.41, 5.74) is 0.420. The molecule has 2 aromatic heterocycles. The van der Waals surface area contributed by atoms with Gasteiger partial charge in [0.15, 0.2) is 22.9 Å². The standard InChI is InChI=1S/C21H15ClN2O5/c1-28-17-8-13-15(9-18(17)29-2)23-20-14(22)7-11(10-24(20)21(13)27)19(26)12-5-3-4-6-16(12)25/h3-10,25H,1-2H3. The molecular formula is C21H15ClN2O5. The zero-order chi connectivity index (χ0) is 20.7. The van der Waals surface area contributed by atoms with Crippen molar-refractivity contribution in [1.29, 1.82) is 0 Å². The molecule has 0 fully saturated rings. The molecule has 0 spiro atoms. The van der Waals surface area contributed by atoms with Crippen LogP contribution in [0.2, 0.25) is 5.02 Å². The molecule has 0 saturated carbocycles. The third-order valence-electron chi connectivity index (χ3n) is 4.58. The molecule has 146 valence electrons. The molecule has 4 rings (SSSR count). The van der Waals surface area contributed by atoms with Gasteiger partial charge in [-0.3, -0.25) is 14.0 Å². The van der Waals surface area contributed by atoms with Gasteiger partial charge in [0.05, 0.1) is 35.7 Å². The van der Waals surface area contributed by atoms with Crippen LogP contribution in [-0.4, -0.2) is 34.5 Å². The number of benzene rings is 2. The second-order valence-corrected chi connectivity index (χ2v) is 6.67. The molecule has 0 radical (unpaired) electrons. The number of aromatic nitrogens is 2. The van der Waals surface area contributed by atoms with Crippen LogP contribution in [-0.2, 0) is 0 Å². The van der Waals surface area contributed by atoms with Crippen LogP contribution in [0.15, 0.2) is 53.5 Å². The maximum absolute atomic E-state index is 13.1. The molecule has 0 aliphatic rings. The number of pyridine rings is 1. The van der Waals surface area contributed by atoms with Crippen LogP contribution < -0.4 is 15.0 Å². The van der Waals surface area contributed by atoms with Gasteiger partial charge in [0.2, 0.25) is 0 Å². The quantitative estimate of drug-likeness (QED) is 0.409. The van der Waals surface area contributed by atoms with E-state index in [2.05, 4.69) is 4.98 Å². The summed E-state index contributed by atoms with van der Waals surface area (Å²) >= 11 is 6.35. The number of carbonyl (C=O) groups is 1. The molecule has 0 amide bonds. The van der Waals surface area contributed by atoms with Crippen LogP contribution in [0.5, 0.6) is 17.2 Å². The number of halogens is 1. The highest BCUT2D eigenvalue weighted by Gasteiger charge is 2.18. The predicted octanol–water partition coefficient (Wildman–Crippen LogP) is 3.45. The van der Waals surface area contributed by atoms with E-state index in [0.717, 1.165) is 0 Å². The summed E-state index contributed by atoms with van der Waals surface area (Å²) in [7, 11) is 2.96. The number of para-hydroxylation sites is 1. The Hall–Kier alpha value is -3.58. The number of hydrogen-bond donors (Lipinski definition) is 1. The lowest BCUT2D eigenvalue weighted by Gasteiger charge is -2.11. The van der Waals surface area contributed by atoms with Crippen LogP contribution in [0, 0.1) is 0 Å². The van der Waals surface area contributed by atoms with Crippen LogP contribution in [0.1, 0.15) is 15.9 Å². The second-order valence-electron chi connectivity index (χ2n) is 6.26. The van der Waals surface area contributed by atoms with E-state index in [9.17, 15) is 14.7 Å². The molecule has 0 atom stereocenters. The smallest absolute Gasteiger partial charge is 0.265 e. The summed E-state index contributed by atoms with van der Waals surface area (Å²) in [5, 5.41) is 10.4. The van der Waals surface area contributed by atoms with E-state index in [4.69, 9.17) is 21.1 Å². The van der Waals surface area contributed by atoms with Crippen molar-refractivity contribution in [3.05, 3.63) is 75.2 Å². The van der Waals surface area contributed by atoms with Gasteiger partial charge in [0.1, 0.15) is 5.75 Å². The van der Waals surface area contributed by atoms with Crippen LogP contribution in [0.25, 0.3) is 16.6 Å². The Morgan fingerprint density at radius 2 is 1.79 bits per heavy atom. The van der Waals surface area contributed by atoms with Crippen LogP contribution in [0.3, 0.4) is 0 Å². The average molecular weight is 411 g/mol. The van der Waals surface area contributed by atoms with Crippen molar-refractivity contribution in [3.8, 4) is 17.2 Å². The first-order valence-corrected chi connectivity index (χ1v) is 8.92. The zero-order valence-electron chi connectivity index (χ0n) is 15.5. The van der Waals surface area contributed by atoms with Crippen molar-refractivity contribution in [2.24, 2.45) is 0 Å². The molecule has 0 bridgehead atoms. The van der Waals surface area contributed by atoms with Crippen molar-refractivity contribution >= 4 is 33.9 Å². The second kappa shape index (κ2) is 7.10. The molecular weight excluding hydrogens is 396 g/mol. The van der Waals surface area contributed by atoms with Crippen LogP contribution >= 0.6 is 11.6 Å². The minimum atomic E-state index is -0.466. The number of fused-ring (bicyclic) bond motifs is 2. The molecule has 0 unspecified atom stereocenters. The van der Waals surface area contributed by atoms with E-state index in [1.807, 2.05) is 0 Å². The van der Waals surface area contributed by atoms with Gasteiger partial charge in [-0.25, -0.2) is 4.98 Å². The summed E-state index contributed by atoms with van der Waals surface area (Å²) in [6.07, 6.45) is 1.36. The normalized spacial score (nSPS) is 11.0. The van der Waals surface area contributed by atoms with Crippen LogP contribution in [0.4, 0.5) is 0 Å². The SMILES string of the molecule is COc1cc2nc3c(Cl)cc(C(=O)c4ccccc4O)cn3c(=O)c2cc1OC. The van der Waals surface area contributed by atoms with Gasteiger partial charge < -0.3 is 14.6 Å². The highest BCUT2D eigenvalue weighted by Crippen LogP contribution is 2.31. The summed E-state index contributed by atoms with van der Waals surface area (Å²) in [6.45, 7) is 0. The Morgan fingerprint density at radius 1 is 1.10 bits per heavy atom. The van der Waals surface area contributed by atoms with Gasteiger partial charge in [-0.1, -0.05) is 23.7 Å². The van der Waals surface area contributed by atoms with E-state index in [1.165, 1.54) is 49.1 Å². The van der Waals surface area contributed by atoms with E-state index >= 15 is 0 Å². The molecule has 1 N–H and O–H groups in total. The summed E-state index contributed by atoms with van der Waals surface area (Å²) in [6, 6.07) is 10.7. The van der Waals surface area contributed by atoms with Gasteiger partial charge in [-0.05, 0) is 24.3 Å². The van der Waals surface area contributed by atoms with E-state index in [1.54, 1.807) is 18.2 Å². The lowest BCUT2D eigenvalue weighted by molar-refractivity contribution is 0.103. The van der Waals surface area contributed by atoms with E-state index in [0.29, 0.717) is 17.0 Å². The number of phenolic OH excluding ortho intramolecular Hbond substituents is 1. The fourth-order valence-corrected chi connectivity index (χ4v) is 3.39. The Bertz CT molecular complexity index is 1350. The number of phenols is 1. The topological polar surface area (TPSA) is 90.1 Å². The predicted molar refractivity (Wildman–Crippen MR) is 109 cm³/mol. The largest absolute Gasteiger partial charge is 0.507 e. The monoisotopic (exact) mass is 410 g/mol. The van der Waals surface area contributed by atoms with Crippen molar-refractivity contribution in [2.45, 2.75) is 0 Å².